The van der Waals surface area contributed by atoms with Crippen molar-refractivity contribution >= 4 is 17.7 Å². The number of nitrogens with zero attached hydrogens (tertiary/aromatic N) is 1. The molecular formula is C26H33NO2S. The molecule has 30 heavy (non-hydrogen) atoms. The first-order valence-corrected chi connectivity index (χ1v) is 12.3. The Morgan fingerprint density at radius 1 is 1.17 bits per heavy atom. The largest absolute Gasteiger partial charge is 0.393 e. The third kappa shape index (κ3) is 4.31. The Morgan fingerprint density at radius 2 is 1.93 bits per heavy atom. The van der Waals surface area contributed by atoms with Crippen LogP contribution in [0.25, 0.3) is 0 Å². The van der Waals surface area contributed by atoms with Gasteiger partial charge in [0.15, 0.2) is 0 Å². The lowest BCUT2D eigenvalue weighted by atomic mass is 9.84. The summed E-state index contributed by atoms with van der Waals surface area (Å²) in [7, 11) is 0. The average molecular weight is 424 g/mol. The predicted octanol–water partition coefficient (Wildman–Crippen LogP) is 4.90. The van der Waals surface area contributed by atoms with E-state index in [1.807, 2.05) is 4.90 Å². The van der Waals surface area contributed by atoms with Gasteiger partial charge in [0.2, 0.25) is 5.91 Å². The zero-order valence-electron chi connectivity index (χ0n) is 18.6. The first-order chi connectivity index (χ1) is 14.4. The van der Waals surface area contributed by atoms with Crippen LogP contribution in [0.1, 0.15) is 66.5 Å². The SMILES string of the molecule is CSc1cc2c(cc1CC(C)c1ccc3c(c1)CC(O)CC3)CC(C)N(C(C)=O)C2. The fraction of sp³-hybridized carbons (Fsp3) is 0.500. The van der Waals surface area contributed by atoms with Gasteiger partial charge in [-0.25, -0.2) is 0 Å². The number of hydrogen-bond acceptors (Lipinski definition) is 3. The second-order valence-corrected chi connectivity index (χ2v) is 10.0. The Labute approximate surface area is 184 Å². The second-order valence-electron chi connectivity index (χ2n) is 9.16. The number of benzene rings is 2. The van der Waals surface area contributed by atoms with Crippen molar-refractivity contribution in [2.75, 3.05) is 6.26 Å². The predicted molar refractivity (Wildman–Crippen MR) is 124 cm³/mol. The molecule has 1 aliphatic carbocycles. The molecule has 3 unspecified atom stereocenters. The smallest absolute Gasteiger partial charge is 0.219 e. The normalized spacial score (nSPS) is 21.7. The summed E-state index contributed by atoms with van der Waals surface area (Å²) in [5.41, 5.74) is 8.20. The van der Waals surface area contributed by atoms with Gasteiger partial charge in [0, 0.05) is 24.4 Å². The fourth-order valence-electron chi connectivity index (χ4n) is 5.11. The van der Waals surface area contributed by atoms with E-state index in [0.717, 1.165) is 38.6 Å². The minimum Gasteiger partial charge on any atom is -0.393 e. The molecule has 0 radical (unpaired) electrons. The minimum atomic E-state index is -0.191. The molecule has 1 aliphatic heterocycles. The minimum absolute atomic E-state index is 0.161. The van der Waals surface area contributed by atoms with Gasteiger partial charge in [0.05, 0.1) is 6.10 Å². The van der Waals surface area contributed by atoms with Crippen molar-refractivity contribution in [2.45, 2.75) is 82.4 Å². The maximum absolute atomic E-state index is 12.0. The summed E-state index contributed by atoms with van der Waals surface area (Å²) >= 11 is 1.80. The number of hydrogen-bond donors (Lipinski definition) is 1. The van der Waals surface area contributed by atoms with Crippen LogP contribution in [0.2, 0.25) is 0 Å². The van der Waals surface area contributed by atoms with E-state index in [0.29, 0.717) is 5.92 Å². The molecule has 4 rings (SSSR count). The van der Waals surface area contributed by atoms with Gasteiger partial charge in [-0.3, -0.25) is 4.79 Å². The highest BCUT2D eigenvalue weighted by Gasteiger charge is 2.26. The van der Waals surface area contributed by atoms with Crippen LogP contribution in [0.5, 0.6) is 0 Å². The van der Waals surface area contributed by atoms with Crippen molar-refractivity contribution in [1.82, 2.24) is 4.90 Å². The summed E-state index contributed by atoms with van der Waals surface area (Å²) in [5, 5.41) is 10.0. The topological polar surface area (TPSA) is 40.5 Å². The van der Waals surface area contributed by atoms with Crippen LogP contribution < -0.4 is 0 Å². The highest BCUT2D eigenvalue weighted by atomic mass is 32.2. The lowest BCUT2D eigenvalue weighted by Gasteiger charge is -2.35. The Kier molecular flexibility index (Phi) is 6.26. The van der Waals surface area contributed by atoms with Crippen molar-refractivity contribution < 1.29 is 9.90 Å². The van der Waals surface area contributed by atoms with E-state index in [1.54, 1.807) is 18.7 Å². The molecule has 1 amide bonds. The van der Waals surface area contributed by atoms with Crippen molar-refractivity contribution in [3.8, 4) is 0 Å². The number of carbonyl (C=O) groups is 1. The molecule has 160 valence electrons. The van der Waals surface area contributed by atoms with Crippen LogP contribution in [-0.4, -0.2) is 34.3 Å². The Morgan fingerprint density at radius 3 is 2.67 bits per heavy atom. The van der Waals surface area contributed by atoms with Gasteiger partial charge in [0.25, 0.3) is 0 Å². The van der Waals surface area contributed by atoms with Crippen LogP contribution in [0.3, 0.4) is 0 Å². The molecule has 1 N–H and O–H groups in total. The van der Waals surface area contributed by atoms with Crippen LogP contribution >= 0.6 is 11.8 Å². The summed E-state index contributed by atoms with van der Waals surface area (Å²) in [6.07, 6.45) is 6.55. The molecule has 3 nitrogen and oxygen atoms in total. The van der Waals surface area contributed by atoms with Gasteiger partial charge in [-0.05, 0) is 90.6 Å². The van der Waals surface area contributed by atoms with Gasteiger partial charge < -0.3 is 10.0 Å². The molecular weight excluding hydrogens is 390 g/mol. The van der Waals surface area contributed by atoms with Crippen molar-refractivity contribution in [3.63, 3.8) is 0 Å². The van der Waals surface area contributed by atoms with E-state index in [1.165, 1.54) is 38.3 Å². The number of aliphatic hydroxyl groups is 1. The highest BCUT2D eigenvalue weighted by molar-refractivity contribution is 7.98. The Balaban J connectivity index is 1.58. The van der Waals surface area contributed by atoms with E-state index in [-0.39, 0.29) is 18.1 Å². The summed E-state index contributed by atoms with van der Waals surface area (Å²) in [6.45, 7) is 6.86. The van der Waals surface area contributed by atoms with Gasteiger partial charge >= 0.3 is 0 Å². The molecule has 3 atom stereocenters. The number of thioether (sulfide) groups is 1. The monoisotopic (exact) mass is 423 g/mol. The standard InChI is InChI=1S/C26H33NO2S/c1-16(20-6-5-19-7-8-25(29)13-22(19)11-20)9-23-12-21-10-17(2)27(18(3)28)15-24(21)14-26(23)30-4/h5-6,11-12,14,16-17,25,29H,7-10,13,15H2,1-4H3. The quantitative estimate of drug-likeness (QED) is 0.711. The number of aryl methyl sites for hydroxylation is 1. The lowest BCUT2D eigenvalue weighted by Crippen LogP contribution is -2.41. The van der Waals surface area contributed by atoms with Crippen molar-refractivity contribution in [2.24, 2.45) is 0 Å². The number of carbonyl (C=O) groups excluding carboxylic acids is 1. The van der Waals surface area contributed by atoms with Crippen molar-refractivity contribution in [1.29, 1.82) is 0 Å². The molecule has 4 heteroatoms. The highest BCUT2D eigenvalue weighted by Crippen LogP contribution is 2.34. The van der Waals surface area contributed by atoms with Gasteiger partial charge in [-0.1, -0.05) is 31.2 Å². The third-order valence-electron chi connectivity index (χ3n) is 6.92. The number of amides is 1. The second kappa shape index (κ2) is 8.76. The van der Waals surface area contributed by atoms with E-state index in [4.69, 9.17) is 0 Å². The number of rotatable bonds is 4. The fourth-order valence-corrected chi connectivity index (χ4v) is 5.77. The summed E-state index contributed by atoms with van der Waals surface area (Å²) in [4.78, 5) is 15.3. The number of fused-ring (bicyclic) bond motifs is 2. The molecule has 0 spiro atoms. The molecule has 2 aromatic carbocycles. The van der Waals surface area contributed by atoms with Gasteiger partial charge in [-0.2, -0.15) is 0 Å². The first-order valence-electron chi connectivity index (χ1n) is 11.1. The van der Waals surface area contributed by atoms with E-state index in [9.17, 15) is 9.90 Å². The van der Waals surface area contributed by atoms with Crippen LogP contribution in [0, 0.1) is 0 Å². The maximum Gasteiger partial charge on any atom is 0.219 e. The van der Waals surface area contributed by atoms with E-state index < -0.39 is 0 Å². The van der Waals surface area contributed by atoms with Gasteiger partial charge in [0.1, 0.15) is 0 Å². The Bertz CT molecular complexity index is 954. The molecule has 0 bridgehead atoms. The molecule has 0 saturated carbocycles. The molecule has 0 aromatic heterocycles. The van der Waals surface area contributed by atoms with Crippen molar-refractivity contribution in [3.05, 3.63) is 63.7 Å². The lowest BCUT2D eigenvalue weighted by molar-refractivity contribution is -0.131. The summed E-state index contributed by atoms with van der Waals surface area (Å²) < 4.78 is 0. The maximum atomic E-state index is 12.0. The average Bonchev–Trinajstić information content (AvgIpc) is 2.72. The zero-order chi connectivity index (χ0) is 21.4. The molecule has 2 aliphatic rings. The van der Waals surface area contributed by atoms with Gasteiger partial charge in [-0.15, -0.1) is 11.8 Å². The summed E-state index contributed by atoms with van der Waals surface area (Å²) in [6, 6.07) is 11.8. The van der Waals surface area contributed by atoms with Crippen LogP contribution in [-0.2, 0) is 37.0 Å². The first kappa shape index (κ1) is 21.5. The Hall–Kier alpha value is -1.78. The molecule has 1 heterocycles. The zero-order valence-corrected chi connectivity index (χ0v) is 19.4. The molecule has 0 saturated heterocycles. The number of aliphatic hydroxyl groups excluding tert-OH is 1. The van der Waals surface area contributed by atoms with Crippen LogP contribution in [0.15, 0.2) is 35.2 Å². The van der Waals surface area contributed by atoms with E-state index in [2.05, 4.69) is 50.4 Å². The van der Waals surface area contributed by atoms with E-state index >= 15 is 0 Å². The molecule has 0 fully saturated rings. The summed E-state index contributed by atoms with van der Waals surface area (Å²) in [5.74, 6) is 0.585. The molecule has 2 aromatic rings. The third-order valence-corrected chi connectivity index (χ3v) is 7.74. The van der Waals surface area contributed by atoms with Crippen LogP contribution in [0.4, 0.5) is 0 Å².